The molecule has 0 aliphatic carbocycles. The average molecular weight is 408 g/mol. The molecule has 2 aromatic carbocycles. The lowest BCUT2D eigenvalue weighted by Gasteiger charge is -2.33. The number of likely N-dealkylation sites (tertiary alicyclic amines) is 1. The Kier molecular flexibility index (Phi) is 6.22. The number of carbonyl (C=O) groups excluding carboxylic acids is 1. The minimum Gasteiger partial charge on any atom is -0.337 e. The zero-order chi connectivity index (χ0) is 19.4. The van der Waals surface area contributed by atoms with E-state index in [-0.39, 0.29) is 17.3 Å². The van der Waals surface area contributed by atoms with Crippen LogP contribution in [0.3, 0.4) is 0 Å². The summed E-state index contributed by atoms with van der Waals surface area (Å²) < 4.78 is 38.9. The third-order valence-electron chi connectivity index (χ3n) is 4.66. The number of nitrogens with zero attached hydrogens (tertiary/aromatic N) is 1. The number of amides is 1. The summed E-state index contributed by atoms with van der Waals surface area (Å²) >= 11 is 1.60. The molecule has 0 bridgehead atoms. The average Bonchev–Trinajstić information content (AvgIpc) is 2.68. The van der Waals surface area contributed by atoms with Gasteiger partial charge in [0.1, 0.15) is 5.82 Å². The van der Waals surface area contributed by atoms with Crippen LogP contribution >= 0.6 is 11.8 Å². The van der Waals surface area contributed by atoms with Crippen LogP contribution in [0.2, 0.25) is 0 Å². The number of halogens is 1. The van der Waals surface area contributed by atoms with Crippen LogP contribution in [0.15, 0.2) is 58.3 Å². The Bertz CT molecular complexity index is 913. The van der Waals surface area contributed by atoms with Crippen LogP contribution in [0.1, 0.15) is 30.1 Å². The molecule has 144 valence electrons. The van der Waals surface area contributed by atoms with Gasteiger partial charge in [0.15, 0.2) is 9.84 Å². The fourth-order valence-corrected chi connectivity index (χ4v) is 5.84. The monoisotopic (exact) mass is 407 g/mol. The fraction of sp³-hybridized carbons (Fsp3) is 0.350. The predicted molar refractivity (Wildman–Crippen MR) is 105 cm³/mol. The first-order valence-electron chi connectivity index (χ1n) is 8.94. The van der Waals surface area contributed by atoms with Gasteiger partial charge in [-0.25, -0.2) is 12.8 Å². The van der Waals surface area contributed by atoms with Gasteiger partial charge in [-0.15, -0.1) is 11.8 Å². The molecule has 27 heavy (non-hydrogen) atoms. The van der Waals surface area contributed by atoms with Crippen molar-refractivity contribution in [3.05, 3.63) is 59.9 Å². The summed E-state index contributed by atoms with van der Waals surface area (Å²) in [6.07, 6.45) is 1.12. The molecule has 0 unspecified atom stereocenters. The highest BCUT2D eigenvalue weighted by Crippen LogP contribution is 2.28. The molecular weight excluding hydrogens is 385 g/mol. The lowest BCUT2D eigenvalue weighted by Crippen LogP contribution is -2.45. The van der Waals surface area contributed by atoms with Gasteiger partial charge in [0.2, 0.25) is 0 Å². The maximum absolute atomic E-state index is 13.1. The number of rotatable bonds is 5. The lowest BCUT2D eigenvalue weighted by molar-refractivity contribution is 0.0723. The molecule has 1 fully saturated rings. The Morgan fingerprint density at radius 1 is 1.19 bits per heavy atom. The number of thioether (sulfide) groups is 1. The molecule has 1 aliphatic rings. The van der Waals surface area contributed by atoms with Crippen molar-refractivity contribution in [2.75, 3.05) is 18.8 Å². The second-order valence-electron chi connectivity index (χ2n) is 6.44. The van der Waals surface area contributed by atoms with Crippen LogP contribution in [0, 0.1) is 5.82 Å². The first kappa shape index (κ1) is 19.9. The molecule has 3 rings (SSSR count). The molecule has 1 heterocycles. The molecule has 2 aromatic rings. The Labute approximate surface area is 163 Å². The molecule has 0 radical (unpaired) electrons. The number of hydrogen-bond acceptors (Lipinski definition) is 4. The van der Waals surface area contributed by atoms with Gasteiger partial charge in [0.25, 0.3) is 5.91 Å². The number of sulfone groups is 1. The van der Waals surface area contributed by atoms with Gasteiger partial charge in [-0.2, -0.15) is 0 Å². The molecule has 0 spiro atoms. The van der Waals surface area contributed by atoms with Gasteiger partial charge >= 0.3 is 0 Å². The second kappa shape index (κ2) is 8.44. The van der Waals surface area contributed by atoms with Crippen LogP contribution in [-0.2, 0) is 9.84 Å². The smallest absolute Gasteiger partial charge is 0.255 e. The number of benzene rings is 2. The summed E-state index contributed by atoms with van der Waals surface area (Å²) in [5, 5.41) is -0.674. The Morgan fingerprint density at radius 2 is 1.89 bits per heavy atom. The van der Waals surface area contributed by atoms with Crippen LogP contribution in [0.25, 0.3) is 0 Å². The van der Waals surface area contributed by atoms with Crippen molar-refractivity contribution in [1.82, 2.24) is 4.90 Å². The minimum atomic E-state index is -3.61. The van der Waals surface area contributed by atoms with E-state index in [1.807, 2.05) is 25.1 Å². The fourth-order valence-electron chi connectivity index (χ4n) is 3.29. The van der Waals surface area contributed by atoms with Gasteiger partial charge in [-0.05, 0) is 55.0 Å². The highest BCUT2D eigenvalue weighted by atomic mass is 32.2. The third kappa shape index (κ3) is 4.35. The van der Waals surface area contributed by atoms with E-state index in [0.717, 1.165) is 22.8 Å². The predicted octanol–water partition coefficient (Wildman–Crippen LogP) is 4.02. The van der Waals surface area contributed by atoms with Gasteiger partial charge in [-0.3, -0.25) is 4.79 Å². The lowest BCUT2D eigenvalue weighted by atomic mass is 10.1. The largest absolute Gasteiger partial charge is 0.337 e. The highest BCUT2D eigenvalue weighted by Gasteiger charge is 2.34. The molecular formula is C20H22FNO3S2. The number of carbonyl (C=O) groups is 1. The summed E-state index contributed by atoms with van der Waals surface area (Å²) in [5.74, 6) is 0.247. The summed E-state index contributed by atoms with van der Waals surface area (Å²) in [4.78, 5) is 15.7. The topological polar surface area (TPSA) is 54.5 Å². The molecule has 1 amide bonds. The second-order valence-corrected chi connectivity index (χ2v) is 9.98. The molecule has 1 atom stereocenters. The van der Waals surface area contributed by atoms with Gasteiger partial charge in [0.05, 0.1) is 15.7 Å². The van der Waals surface area contributed by atoms with E-state index >= 15 is 0 Å². The van der Waals surface area contributed by atoms with Crippen molar-refractivity contribution < 1.29 is 17.6 Å². The third-order valence-corrected chi connectivity index (χ3v) is 7.81. The molecule has 0 N–H and O–H groups in total. The van der Waals surface area contributed by atoms with Crippen molar-refractivity contribution in [3.8, 4) is 0 Å². The zero-order valence-corrected chi connectivity index (χ0v) is 16.7. The van der Waals surface area contributed by atoms with Crippen molar-refractivity contribution in [1.29, 1.82) is 0 Å². The number of piperidine rings is 1. The first-order valence-corrected chi connectivity index (χ1v) is 11.5. The maximum Gasteiger partial charge on any atom is 0.255 e. The molecule has 1 saturated heterocycles. The normalized spacial score (nSPS) is 17.7. The van der Waals surface area contributed by atoms with E-state index in [4.69, 9.17) is 0 Å². The Hall–Kier alpha value is -1.86. The highest BCUT2D eigenvalue weighted by molar-refractivity contribution is 7.99. The molecule has 7 heteroatoms. The molecule has 0 saturated carbocycles. The van der Waals surface area contributed by atoms with Crippen LogP contribution in [0.4, 0.5) is 4.39 Å². The standard InChI is InChI=1S/C20H22FNO3S2/c1-2-26-19-8-4-3-7-18(19)20(23)22-13-5-6-17(14-22)27(24,25)16-11-9-15(21)10-12-16/h3-4,7-12,17H,2,5-6,13-14H2,1H3/t17-/m1/s1. The molecule has 1 aliphatic heterocycles. The van der Waals surface area contributed by atoms with E-state index in [9.17, 15) is 17.6 Å². The van der Waals surface area contributed by atoms with E-state index in [1.54, 1.807) is 22.7 Å². The van der Waals surface area contributed by atoms with Crippen LogP contribution in [-0.4, -0.2) is 43.3 Å². The van der Waals surface area contributed by atoms with Crippen molar-refractivity contribution in [2.45, 2.75) is 34.8 Å². The summed E-state index contributed by atoms with van der Waals surface area (Å²) in [5.41, 5.74) is 0.615. The molecule has 0 aromatic heterocycles. The Morgan fingerprint density at radius 3 is 2.59 bits per heavy atom. The van der Waals surface area contributed by atoms with E-state index < -0.39 is 20.9 Å². The summed E-state index contributed by atoms with van der Waals surface area (Å²) in [6.45, 7) is 2.72. The molecule has 4 nitrogen and oxygen atoms in total. The number of hydrogen-bond donors (Lipinski definition) is 0. The van der Waals surface area contributed by atoms with Crippen molar-refractivity contribution >= 4 is 27.5 Å². The van der Waals surface area contributed by atoms with Gasteiger partial charge in [-0.1, -0.05) is 19.1 Å². The van der Waals surface area contributed by atoms with Crippen molar-refractivity contribution in [2.24, 2.45) is 0 Å². The van der Waals surface area contributed by atoms with Crippen LogP contribution in [0.5, 0.6) is 0 Å². The zero-order valence-electron chi connectivity index (χ0n) is 15.1. The van der Waals surface area contributed by atoms with E-state index in [0.29, 0.717) is 24.9 Å². The van der Waals surface area contributed by atoms with E-state index in [2.05, 4.69) is 0 Å². The quantitative estimate of drug-likeness (QED) is 0.555. The van der Waals surface area contributed by atoms with Gasteiger partial charge in [0, 0.05) is 18.0 Å². The Balaban J connectivity index is 1.82. The van der Waals surface area contributed by atoms with E-state index in [1.165, 1.54) is 12.1 Å². The SMILES string of the molecule is CCSc1ccccc1C(=O)N1CCC[C@@H](S(=O)(=O)c2ccc(F)cc2)C1. The van der Waals surface area contributed by atoms with Crippen molar-refractivity contribution in [3.63, 3.8) is 0 Å². The first-order chi connectivity index (χ1) is 12.9. The van der Waals surface area contributed by atoms with Crippen LogP contribution < -0.4 is 0 Å². The maximum atomic E-state index is 13.1. The van der Waals surface area contributed by atoms with Gasteiger partial charge < -0.3 is 4.90 Å². The summed E-state index contributed by atoms with van der Waals surface area (Å²) in [6, 6.07) is 12.3. The summed E-state index contributed by atoms with van der Waals surface area (Å²) in [7, 11) is -3.61. The minimum absolute atomic E-state index is 0.102.